The lowest BCUT2D eigenvalue weighted by Gasteiger charge is -2.17. The normalized spacial score (nSPS) is 12.1. The van der Waals surface area contributed by atoms with E-state index in [2.05, 4.69) is 36.3 Å². The Morgan fingerprint density at radius 3 is 2.72 bits per heavy atom. The molecule has 3 aromatic heterocycles. The van der Waals surface area contributed by atoms with Crippen LogP contribution in [0.15, 0.2) is 65.8 Å². The summed E-state index contributed by atoms with van der Waals surface area (Å²) in [5, 5.41) is 8.10. The Balaban J connectivity index is 1.67. The highest BCUT2D eigenvalue weighted by Crippen LogP contribution is 2.23. The summed E-state index contributed by atoms with van der Waals surface area (Å²) in [6.45, 7) is 2.00. The van der Waals surface area contributed by atoms with Gasteiger partial charge in [0.15, 0.2) is 0 Å². The minimum absolute atomic E-state index is 0.163. The van der Waals surface area contributed by atoms with Crippen molar-refractivity contribution in [2.24, 2.45) is 0 Å². The van der Waals surface area contributed by atoms with Crippen molar-refractivity contribution in [2.75, 3.05) is 0 Å². The standard InChI is InChI=1S/C21H17BrFN5O/c1-2-18(13-7-8-25-20(22)9-13)27-21(29)17-10-24-12-19-16(17)11-26-28(19)15-5-3-14(23)4-6-15/h3-12,18H,2H2,1H3,(H,27,29). The van der Waals surface area contributed by atoms with E-state index in [9.17, 15) is 9.18 Å². The third-order valence-corrected chi connectivity index (χ3v) is 5.11. The fourth-order valence-corrected chi connectivity index (χ4v) is 3.58. The molecule has 4 rings (SSSR count). The third-order valence-electron chi connectivity index (χ3n) is 4.68. The quantitative estimate of drug-likeness (QED) is 0.448. The fourth-order valence-electron chi connectivity index (χ4n) is 3.20. The van der Waals surface area contributed by atoms with Crippen LogP contribution in [0.2, 0.25) is 0 Å². The molecule has 8 heteroatoms. The average Bonchev–Trinajstić information content (AvgIpc) is 3.16. The van der Waals surface area contributed by atoms with Gasteiger partial charge in [0.05, 0.1) is 35.2 Å². The number of carbonyl (C=O) groups is 1. The SMILES string of the molecule is CCC(NC(=O)c1cncc2c1cnn2-c1ccc(F)cc1)c1ccnc(Br)c1. The van der Waals surface area contributed by atoms with Crippen molar-refractivity contribution < 1.29 is 9.18 Å². The zero-order valence-corrected chi connectivity index (χ0v) is 17.1. The molecule has 1 atom stereocenters. The topological polar surface area (TPSA) is 72.7 Å². The number of halogens is 2. The average molecular weight is 454 g/mol. The second-order valence-corrected chi connectivity index (χ2v) is 7.31. The van der Waals surface area contributed by atoms with E-state index in [4.69, 9.17) is 0 Å². The van der Waals surface area contributed by atoms with Gasteiger partial charge < -0.3 is 5.32 Å². The van der Waals surface area contributed by atoms with Crippen LogP contribution in [-0.4, -0.2) is 25.7 Å². The molecule has 0 fully saturated rings. The Hall–Kier alpha value is -3.13. The molecular weight excluding hydrogens is 437 g/mol. The van der Waals surface area contributed by atoms with Crippen molar-refractivity contribution in [3.05, 3.63) is 82.7 Å². The monoisotopic (exact) mass is 453 g/mol. The van der Waals surface area contributed by atoms with E-state index in [1.165, 1.54) is 18.3 Å². The highest BCUT2D eigenvalue weighted by Gasteiger charge is 2.19. The molecule has 1 unspecified atom stereocenters. The summed E-state index contributed by atoms with van der Waals surface area (Å²) in [5.41, 5.74) is 2.75. The highest BCUT2D eigenvalue weighted by atomic mass is 79.9. The van der Waals surface area contributed by atoms with Crippen LogP contribution in [0.5, 0.6) is 0 Å². The summed E-state index contributed by atoms with van der Waals surface area (Å²) in [7, 11) is 0. The molecule has 29 heavy (non-hydrogen) atoms. The number of hydrogen-bond donors (Lipinski definition) is 1. The van der Waals surface area contributed by atoms with Crippen LogP contribution in [0.1, 0.15) is 35.3 Å². The predicted molar refractivity (Wildman–Crippen MR) is 111 cm³/mol. The van der Waals surface area contributed by atoms with E-state index in [-0.39, 0.29) is 17.8 Å². The molecule has 0 aliphatic carbocycles. The number of nitrogens with zero attached hydrogens (tertiary/aromatic N) is 4. The largest absolute Gasteiger partial charge is 0.345 e. The number of nitrogens with one attached hydrogen (secondary N) is 1. The summed E-state index contributed by atoms with van der Waals surface area (Å²) >= 11 is 3.36. The maximum atomic E-state index is 13.2. The number of hydrogen-bond acceptors (Lipinski definition) is 4. The van der Waals surface area contributed by atoms with Gasteiger partial charge >= 0.3 is 0 Å². The van der Waals surface area contributed by atoms with Crippen LogP contribution in [0.3, 0.4) is 0 Å². The zero-order chi connectivity index (χ0) is 20.4. The molecule has 0 saturated carbocycles. The first-order chi connectivity index (χ1) is 14.1. The lowest BCUT2D eigenvalue weighted by molar-refractivity contribution is 0.0937. The van der Waals surface area contributed by atoms with Crippen molar-refractivity contribution in [3.63, 3.8) is 0 Å². The molecule has 1 aromatic carbocycles. The number of aromatic nitrogens is 4. The van der Waals surface area contributed by atoms with Crippen LogP contribution in [0.4, 0.5) is 4.39 Å². The Morgan fingerprint density at radius 2 is 2.00 bits per heavy atom. The molecule has 3 heterocycles. The molecule has 0 radical (unpaired) electrons. The number of rotatable bonds is 5. The van der Waals surface area contributed by atoms with Crippen LogP contribution < -0.4 is 5.32 Å². The molecule has 0 spiro atoms. The van der Waals surface area contributed by atoms with Gasteiger partial charge in [0.1, 0.15) is 10.4 Å². The molecule has 6 nitrogen and oxygen atoms in total. The van der Waals surface area contributed by atoms with E-state index in [0.717, 1.165) is 12.0 Å². The maximum absolute atomic E-state index is 13.2. The zero-order valence-electron chi connectivity index (χ0n) is 15.5. The van der Waals surface area contributed by atoms with E-state index < -0.39 is 0 Å². The van der Waals surface area contributed by atoms with Gasteiger partial charge in [0, 0.05) is 17.8 Å². The summed E-state index contributed by atoms with van der Waals surface area (Å²) in [6.07, 6.45) is 7.21. The number of fused-ring (bicyclic) bond motifs is 1. The second kappa shape index (κ2) is 8.08. The van der Waals surface area contributed by atoms with Crippen LogP contribution in [0.25, 0.3) is 16.6 Å². The van der Waals surface area contributed by atoms with Crippen molar-refractivity contribution in [2.45, 2.75) is 19.4 Å². The van der Waals surface area contributed by atoms with Gasteiger partial charge in [-0.3, -0.25) is 9.78 Å². The first-order valence-corrected chi connectivity index (χ1v) is 9.86. The van der Waals surface area contributed by atoms with Crippen molar-refractivity contribution in [1.82, 2.24) is 25.1 Å². The smallest absolute Gasteiger partial charge is 0.254 e. The summed E-state index contributed by atoms with van der Waals surface area (Å²) < 4.78 is 15.6. The van der Waals surface area contributed by atoms with Gasteiger partial charge in [-0.1, -0.05) is 6.92 Å². The van der Waals surface area contributed by atoms with E-state index in [0.29, 0.717) is 26.8 Å². The predicted octanol–water partition coefficient (Wildman–Crippen LogP) is 4.60. The number of pyridine rings is 2. The van der Waals surface area contributed by atoms with Gasteiger partial charge in [0.2, 0.25) is 0 Å². The second-order valence-electron chi connectivity index (χ2n) is 6.50. The highest BCUT2D eigenvalue weighted by molar-refractivity contribution is 9.10. The van der Waals surface area contributed by atoms with E-state index >= 15 is 0 Å². The minimum atomic E-state index is -0.322. The van der Waals surface area contributed by atoms with Gasteiger partial charge in [-0.2, -0.15) is 5.10 Å². The Labute approximate surface area is 174 Å². The van der Waals surface area contributed by atoms with Crippen LogP contribution >= 0.6 is 15.9 Å². The van der Waals surface area contributed by atoms with Crippen molar-refractivity contribution >= 4 is 32.7 Å². The third kappa shape index (κ3) is 3.88. The summed E-state index contributed by atoms with van der Waals surface area (Å²) in [5.74, 6) is -0.557. The van der Waals surface area contributed by atoms with Crippen LogP contribution in [-0.2, 0) is 0 Å². The van der Waals surface area contributed by atoms with E-state index in [1.807, 2.05) is 19.1 Å². The summed E-state index contributed by atoms with van der Waals surface area (Å²) in [6, 6.07) is 9.59. The Kier molecular flexibility index (Phi) is 5.35. The Bertz CT molecular complexity index is 1180. The van der Waals surface area contributed by atoms with Gasteiger partial charge in [-0.05, 0) is 64.3 Å². The number of amides is 1. The summed E-state index contributed by atoms with van der Waals surface area (Å²) in [4.78, 5) is 21.4. The molecule has 1 amide bonds. The minimum Gasteiger partial charge on any atom is -0.345 e. The maximum Gasteiger partial charge on any atom is 0.254 e. The molecule has 0 aliphatic heterocycles. The molecule has 4 aromatic rings. The fraction of sp³-hybridized carbons (Fsp3) is 0.143. The molecule has 0 saturated heterocycles. The molecular formula is C21H17BrFN5O. The Morgan fingerprint density at radius 1 is 1.21 bits per heavy atom. The number of carbonyl (C=O) groups excluding carboxylic acids is 1. The van der Waals surface area contributed by atoms with Crippen molar-refractivity contribution in [1.29, 1.82) is 0 Å². The molecule has 0 aliphatic rings. The number of benzene rings is 1. The van der Waals surface area contributed by atoms with Crippen LogP contribution in [0, 0.1) is 5.82 Å². The first-order valence-electron chi connectivity index (χ1n) is 9.07. The van der Waals surface area contributed by atoms with Gasteiger partial charge in [-0.15, -0.1) is 0 Å². The lowest BCUT2D eigenvalue weighted by atomic mass is 10.1. The molecule has 146 valence electrons. The lowest BCUT2D eigenvalue weighted by Crippen LogP contribution is -2.28. The molecule has 0 bridgehead atoms. The van der Waals surface area contributed by atoms with Gasteiger partial charge in [0.25, 0.3) is 5.91 Å². The first kappa shape index (κ1) is 19.2. The van der Waals surface area contributed by atoms with Crippen molar-refractivity contribution in [3.8, 4) is 5.69 Å². The molecule has 1 N–H and O–H groups in total. The van der Waals surface area contributed by atoms with Gasteiger partial charge in [-0.25, -0.2) is 14.1 Å². The van der Waals surface area contributed by atoms with E-state index in [1.54, 1.807) is 35.4 Å².